The summed E-state index contributed by atoms with van der Waals surface area (Å²) in [6.07, 6.45) is 1.15. The van der Waals surface area contributed by atoms with Gasteiger partial charge in [0.25, 0.3) is 0 Å². The molecule has 1 saturated heterocycles. The van der Waals surface area contributed by atoms with Crippen molar-refractivity contribution in [2.45, 2.75) is 45.3 Å². The lowest BCUT2D eigenvalue weighted by Crippen LogP contribution is -2.56. The molecule has 0 saturated carbocycles. The van der Waals surface area contributed by atoms with Gasteiger partial charge in [-0.05, 0) is 24.9 Å². The molecule has 3 unspecified atom stereocenters. The molecule has 21 heavy (non-hydrogen) atoms. The molecule has 3 nitrogen and oxygen atoms in total. The molecule has 1 aromatic rings. The maximum atomic E-state index is 5.69. The van der Waals surface area contributed by atoms with Crippen LogP contribution >= 0.6 is 0 Å². The number of hydrogen-bond donors (Lipinski definition) is 1. The first-order valence-electron chi connectivity index (χ1n) is 8.24. The van der Waals surface area contributed by atoms with E-state index < -0.39 is 0 Å². The van der Waals surface area contributed by atoms with Gasteiger partial charge in [-0.1, -0.05) is 51.1 Å². The fourth-order valence-corrected chi connectivity index (χ4v) is 3.57. The van der Waals surface area contributed by atoms with Crippen molar-refractivity contribution in [3.05, 3.63) is 35.9 Å². The second-order valence-corrected chi connectivity index (χ2v) is 6.29. The lowest BCUT2D eigenvalue weighted by molar-refractivity contribution is -0.0479. The maximum absolute atomic E-state index is 5.69. The van der Waals surface area contributed by atoms with Gasteiger partial charge in [-0.2, -0.15) is 0 Å². The van der Waals surface area contributed by atoms with Crippen LogP contribution in [0.2, 0.25) is 0 Å². The molecule has 0 radical (unpaired) electrons. The second kappa shape index (κ2) is 7.92. The van der Waals surface area contributed by atoms with Gasteiger partial charge >= 0.3 is 0 Å². The number of nitrogens with one attached hydrogen (secondary N) is 1. The highest BCUT2D eigenvalue weighted by Crippen LogP contribution is 2.29. The van der Waals surface area contributed by atoms with Gasteiger partial charge < -0.3 is 10.1 Å². The van der Waals surface area contributed by atoms with Crippen LogP contribution in [-0.4, -0.2) is 43.8 Å². The standard InChI is InChI=1S/C18H30N2O/c1-5-16-13-21-12-11-20(16)18(14(2)3)17(19-4)15-9-7-6-8-10-15/h6-10,14,16-19H,5,11-13H2,1-4H3. The van der Waals surface area contributed by atoms with Gasteiger partial charge in [0.15, 0.2) is 0 Å². The van der Waals surface area contributed by atoms with E-state index in [0.717, 1.165) is 26.2 Å². The topological polar surface area (TPSA) is 24.5 Å². The SMILES string of the molecule is CCC1COCCN1C(C(C)C)C(NC)c1ccccc1. The first kappa shape index (κ1) is 16.5. The highest BCUT2D eigenvalue weighted by Gasteiger charge is 2.35. The molecule has 0 spiro atoms. The number of morpholine rings is 1. The Morgan fingerprint density at radius 3 is 2.57 bits per heavy atom. The third kappa shape index (κ3) is 3.85. The van der Waals surface area contributed by atoms with Crippen molar-refractivity contribution in [3.63, 3.8) is 0 Å². The van der Waals surface area contributed by atoms with E-state index in [2.05, 4.69) is 68.4 Å². The van der Waals surface area contributed by atoms with E-state index in [1.165, 1.54) is 5.56 Å². The highest BCUT2D eigenvalue weighted by atomic mass is 16.5. The maximum Gasteiger partial charge on any atom is 0.0622 e. The molecule has 1 heterocycles. The van der Waals surface area contributed by atoms with Crippen LogP contribution in [-0.2, 0) is 4.74 Å². The van der Waals surface area contributed by atoms with Crippen LogP contribution in [0, 0.1) is 5.92 Å². The van der Waals surface area contributed by atoms with Crippen LogP contribution < -0.4 is 5.32 Å². The third-order valence-electron chi connectivity index (χ3n) is 4.62. The number of rotatable bonds is 6. The van der Waals surface area contributed by atoms with Gasteiger partial charge in [0.1, 0.15) is 0 Å². The zero-order valence-electron chi connectivity index (χ0n) is 13.9. The van der Waals surface area contributed by atoms with E-state index >= 15 is 0 Å². The van der Waals surface area contributed by atoms with Crippen LogP contribution in [0.25, 0.3) is 0 Å². The minimum atomic E-state index is 0.360. The van der Waals surface area contributed by atoms with Crippen molar-refractivity contribution in [1.29, 1.82) is 0 Å². The monoisotopic (exact) mass is 290 g/mol. The molecule has 118 valence electrons. The molecule has 3 atom stereocenters. The zero-order chi connectivity index (χ0) is 15.2. The molecule has 0 aromatic heterocycles. The minimum absolute atomic E-state index is 0.360. The van der Waals surface area contributed by atoms with E-state index in [-0.39, 0.29) is 0 Å². The predicted octanol–water partition coefficient (Wildman–Crippen LogP) is 3.08. The van der Waals surface area contributed by atoms with Gasteiger partial charge in [-0.3, -0.25) is 4.90 Å². The van der Waals surface area contributed by atoms with Crippen molar-refractivity contribution in [2.75, 3.05) is 26.8 Å². The largest absolute Gasteiger partial charge is 0.378 e. The Kier molecular flexibility index (Phi) is 6.22. The van der Waals surface area contributed by atoms with Crippen molar-refractivity contribution >= 4 is 0 Å². The summed E-state index contributed by atoms with van der Waals surface area (Å²) < 4.78 is 5.69. The summed E-state index contributed by atoms with van der Waals surface area (Å²) in [5.74, 6) is 0.592. The van der Waals surface area contributed by atoms with E-state index in [1.807, 2.05) is 0 Å². The van der Waals surface area contributed by atoms with Crippen LogP contribution in [0.3, 0.4) is 0 Å². The molecule has 1 aromatic carbocycles. The summed E-state index contributed by atoms with van der Waals surface area (Å²) in [6, 6.07) is 12.2. The number of benzene rings is 1. The van der Waals surface area contributed by atoms with Crippen LogP contribution in [0.5, 0.6) is 0 Å². The Morgan fingerprint density at radius 1 is 1.29 bits per heavy atom. The minimum Gasteiger partial charge on any atom is -0.378 e. The average molecular weight is 290 g/mol. The van der Waals surface area contributed by atoms with Gasteiger partial charge in [-0.15, -0.1) is 0 Å². The zero-order valence-corrected chi connectivity index (χ0v) is 13.9. The summed E-state index contributed by atoms with van der Waals surface area (Å²) in [7, 11) is 2.08. The molecular formula is C18H30N2O. The van der Waals surface area contributed by atoms with E-state index in [1.54, 1.807) is 0 Å². The molecule has 1 aliphatic rings. The van der Waals surface area contributed by atoms with Crippen molar-refractivity contribution in [1.82, 2.24) is 10.2 Å². The molecule has 0 aliphatic carbocycles. The van der Waals surface area contributed by atoms with E-state index in [9.17, 15) is 0 Å². The molecule has 0 bridgehead atoms. The normalized spacial score (nSPS) is 23.2. The number of ether oxygens (including phenoxy) is 1. The molecule has 0 amide bonds. The lowest BCUT2D eigenvalue weighted by atomic mass is 9.88. The Morgan fingerprint density at radius 2 is 2.00 bits per heavy atom. The van der Waals surface area contributed by atoms with Gasteiger partial charge in [0.2, 0.25) is 0 Å². The van der Waals surface area contributed by atoms with Crippen LogP contribution in [0.1, 0.15) is 38.8 Å². The molecule has 3 heteroatoms. The number of hydrogen-bond acceptors (Lipinski definition) is 3. The molecule has 1 fully saturated rings. The van der Waals surface area contributed by atoms with E-state index in [4.69, 9.17) is 4.74 Å². The van der Waals surface area contributed by atoms with Gasteiger partial charge in [0, 0.05) is 24.7 Å². The Labute approximate surface area is 129 Å². The molecule has 1 N–H and O–H groups in total. The lowest BCUT2D eigenvalue weighted by Gasteiger charge is -2.46. The molecule has 1 aliphatic heterocycles. The van der Waals surface area contributed by atoms with Gasteiger partial charge in [0.05, 0.1) is 13.2 Å². The number of likely N-dealkylation sites (N-methyl/N-ethyl adjacent to an activating group) is 1. The third-order valence-corrected chi connectivity index (χ3v) is 4.62. The Bertz CT molecular complexity index is 407. The first-order valence-corrected chi connectivity index (χ1v) is 8.24. The van der Waals surface area contributed by atoms with Crippen molar-refractivity contribution in [2.24, 2.45) is 5.92 Å². The summed E-state index contributed by atoms with van der Waals surface area (Å²) >= 11 is 0. The summed E-state index contributed by atoms with van der Waals surface area (Å²) in [6.45, 7) is 9.68. The highest BCUT2D eigenvalue weighted by molar-refractivity contribution is 5.21. The average Bonchev–Trinajstić information content (AvgIpc) is 2.53. The second-order valence-electron chi connectivity index (χ2n) is 6.29. The van der Waals surface area contributed by atoms with Crippen molar-refractivity contribution < 1.29 is 4.74 Å². The quantitative estimate of drug-likeness (QED) is 0.871. The fourth-order valence-electron chi connectivity index (χ4n) is 3.57. The van der Waals surface area contributed by atoms with Gasteiger partial charge in [-0.25, -0.2) is 0 Å². The van der Waals surface area contributed by atoms with Crippen molar-refractivity contribution in [3.8, 4) is 0 Å². The number of nitrogens with zero attached hydrogens (tertiary/aromatic N) is 1. The fraction of sp³-hybridized carbons (Fsp3) is 0.667. The summed E-state index contributed by atoms with van der Waals surface area (Å²) in [5.41, 5.74) is 1.38. The van der Waals surface area contributed by atoms with Crippen LogP contribution in [0.15, 0.2) is 30.3 Å². The smallest absolute Gasteiger partial charge is 0.0622 e. The molecule has 2 rings (SSSR count). The Hall–Kier alpha value is -0.900. The first-order chi connectivity index (χ1) is 10.2. The van der Waals surface area contributed by atoms with E-state index in [0.29, 0.717) is 24.0 Å². The summed E-state index contributed by atoms with van der Waals surface area (Å²) in [4.78, 5) is 2.67. The summed E-state index contributed by atoms with van der Waals surface area (Å²) in [5, 5.41) is 3.56. The van der Waals surface area contributed by atoms with Crippen LogP contribution in [0.4, 0.5) is 0 Å². The Balaban J connectivity index is 2.27. The molecular weight excluding hydrogens is 260 g/mol. The predicted molar refractivity (Wildman–Crippen MR) is 88.5 cm³/mol.